The van der Waals surface area contributed by atoms with E-state index < -0.39 is 11.8 Å². The fraction of sp³-hybridized carbons (Fsp3) is 0.150. The fourth-order valence-corrected chi connectivity index (χ4v) is 3.38. The minimum Gasteiger partial charge on any atom is -0.493 e. The molecule has 1 saturated heterocycles. The number of halogens is 1. The summed E-state index contributed by atoms with van der Waals surface area (Å²) >= 11 is 11.1. The van der Waals surface area contributed by atoms with Gasteiger partial charge in [-0.15, -0.1) is 0 Å². The number of amides is 2. The predicted molar refractivity (Wildman–Crippen MR) is 111 cm³/mol. The summed E-state index contributed by atoms with van der Waals surface area (Å²) in [5, 5.41) is 3.06. The molecule has 2 heterocycles. The van der Waals surface area contributed by atoms with Crippen LogP contribution in [0, 0.1) is 0 Å². The van der Waals surface area contributed by atoms with Gasteiger partial charge in [-0.25, -0.2) is 0 Å². The first-order valence-corrected chi connectivity index (χ1v) is 9.50. The molecule has 0 atom stereocenters. The van der Waals surface area contributed by atoms with Crippen LogP contribution >= 0.6 is 23.8 Å². The molecule has 2 aromatic carbocycles. The third-order valence-electron chi connectivity index (χ3n) is 4.29. The van der Waals surface area contributed by atoms with E-state index in [0.29, 0.717) is 40.1 Å². The average Bonchev–Trinajstić information content (AvgIpc) is 3.14. The molecule has 1 N–H and O–H groups in total. The van der Waals surface area contributed by atoms with E-state index in [2.05, 4.69) is 5.32 Å². The number of anilines is 1. The maximum atomic E-state index is 13.1. The van der Waals surface area contributed by atoms with E-state index in [9.17, 15) is 9.59 Å². The van der Waals surface area contributed by atoms with E-state index in [0.717, 1.165) is 0 Å². The molecule has 0 saturated carbocycles. The number of hydrogen-bond donors (Lipinski definition) is 1. The maximum Gasteiger partial charge on any atom is 0.270 e. The van der Waals surface area contributed by atoms with Crippen molar-refractivity contribution in [2.75, 3.05) is 18.3 Å². The molecule has 2 aromatic rings. The zero-order chi connectivity index (χ0) is 20.5. The van der Waals surface area contributed by atoms with Gasteiger partial charge in [0.25, 0.3) is 11.8 Å². The lowest BCUT2D eigenvalue weighted by Gasteiger charge is -2.29. The lowest BCUT2D eigenvalue weighted by molar-refractivity contribution is -0.122. The van der Waals surface area contributed by atoms with Gasteiger partial charge >= 0.3 is 0 Å². The minimum atomic E-state index is -0.592. The van der Waals surface area contributed by atoms with Crippen LogP contribution in [0.15, 0.2) is 42.0 Å². The van der Waals surface area contributed by atoms with Crippen molar-refractivity contribution in [2.45, 2.75) is 6.92 Å². The van der Waals surface area contributed by atoms with Crippen LogP contribution in [0.3, 0.4) is 0 Å². The Hall–Kier alpha value is -3.10. The number of rotatable bonds is 4. The first kappa shape index (κ1) is 19.2. The molecular weight excluding hydrogens is 416 g/mol. The molecule has 0 spiro atoms. The second-order valence-corrected chi connectivity index (χ2v) is 6.93. The molecule has 2 amide bonds. The third-order valence-corrected chi connectivity index (χ3v) is 4.83. The Morgan fingerprint density at radius 2 is 1.90 bits per heavy atom. The van der Waals surface area contributed by atoms with Crippen molar-refractivity contribution in [3.63, 3.8) is 0 Å². The van der Waals surface area contributed by atoms with Crippen LogP contribution in [0.25, 0.3) is 6.08 Å². The van der Waals surface area contributed by atoms with Crippen molar-refractivity contribution < 1.29 is 23.8 Å². The number of carbonyl (C=O) groups excluding carboxylic acids is 2. The largest absolute Gasteiger partial charge is 0.493 e. The molecule has 1 fully saturated rings. The highest BCUT2D eigenvalue weighted by Crippen LogP contribution is 2.39. The van der Waals surface area contributed by atoms with Gasteiger partial charge in [0.2, 0.25) is 6.79 Å². The van der Waals surface area contributed by atoms with Crippen LogP contribution in [0.4, 0.5) is 5.69 Å². The van der Waals surface area contributed by atoms with Crippen LogP contribution in [-0.2, 0) is 9.59 Å². The summed E-state index contributed by atoms with van der Waals surface area (Å²) in [5.41, 5.74) is 0.915. The standard InChI is InChI=1S/C20H15ClN2O5S/c1-2-26-15-9-17-16(27-10-28-17)8-11(15)7-14-18(24)22-20(29)23(19(14)25)13-5-3-12(21)4-6-13/h3-9H,2,10H2,1H3,(H,22,24,29)/b14-7-. The lowest BCUT2D eigenvalue weighted by Crippen LogP contribution is -2.54. The zero-order valence-electron chi connectivity index (χ0n) is 15.2. The van der Waals surface area contributed by atoms with Crippen molar-refractivity contribution in [3.8, 4) is 17.2 Å². The lowest BCUT2D eigenvalue weighted by atomic mass is 10.1. The first-order chi connectivity index (χ1) is 14.0. The molecule has 0 aliphatic carbocycles. The van der Waals surface area contributed by atoms with Crippen molar-refractivity contribution >= 4 is 52.5 Å². The molecule has 29 heavy (non-hydrogen) atoms. The van der Waals surface area contributed by atoms with Gasteiger partial charge in [-0.1, -0.05) is 11.6 Å². The molecule has 2 aliphatic heterocycles. The Labute approximate surface area is 176 Å². The van der Waals surface area contributed by atoms with Gasteiger partial charge < -0.3 is 14.2 Å². The number of benzene rings is 2. The summed E-state index contributed by atoms with van der Waals surface area (Å²) < 4.78 is 16.4. The van der Waals surface area contributed by atoms with E-state index in [-0.39, 0.29) is 17.5 Å². The molecule has 9 heteroatoms. The van der Waals surface area contributed by atoms with Gasteiger partial charge in [0.1, 0.15) is 11.3 Å². The zero-order valence-corrected chi connectivity index (χ0v) is 16.8. The molecule has 2 aliphatic rings. The van der Waals surface area contributed by atoms with E-state index in [1.165, 1.54) is 11.0 Å². The summed E-state index contributed by atoms with van der Waals surface area (Å²) in [6, 6.07) is 9.91. The second kappa shape index (κ2) is 7.73. The van der Waals surface area contributed by atoms with Crippen LogP contribution in [0.5, 0.6) is 17.2 Å². The Morgan fingerprint density at radius 3 is 2.59 bits per heavy atom. The summed E-state index contributed by atoms with van der Waals surface area (Å²) in [6.45, 7) is 2.33. The highest BCUT2D eigenvalue weighted by atomic mass is 35.5. The minimum absolute atomic E-state index is 0.00445. The van der Waals surface area contributed by atoms with Gasteiger partial charge in [0.15, 0.2) is 16.6 Å². The molecular formula is C20H15ClN2O5S. The van der Waals surface area contributed by atoms with Crippen LogP contribution in [0.2, 0.25) is 5.02 Å². The second-order valence-electron chi connectivity index (χ2n) is 6.11. The van der Waals surface area contributed by atoms with Crippen molar-refractivity contribution in [2.24, 2.45) is 0 Å². The number of nitrogens with zero attached hydrogens (tertiary/aromatic N) is 1. The fourth-order valence-electron chi connectivity index (χ4n) is 2.97. The molecule has 0 aromatic heterocycles. The summed E-state index contributed by atoms with van der Waals surface area (Å²) in [6.07, 6.45) is 1.45. The summed E-state index contributed by atoms with van der Waals surface area (Å²) in [7, 11) is 0. The van der Waals surface area contributed by atoms with Crippen LogP contribution < -0.4 is 24.4 Å². The topological polar surface area (TPSA) is 77.1 Å². The number of thiocarbonyl (C=S) groups is 1. The number of nitrogens with one attached hydrogen (secondary N) is 1. The number of carbonyl (C=O) groups is 2. The Bertz CT molecular complexity index is 1050. The quantitative estimate of drug-likeness (QED) is 0.455. The molecule has 0 bridgehead atoms. The maximum absolute atomic E-state index is 13.1. The summed E-state index contributed by atoms with van der Waals surface area (Å²) in [4.78, 5) is 26.9. The van der Waals surface area contributed by atoms with Crippen LogP contribution in [0.1, 0.15) is 12.5 Å². The normalized spacial score (nSPS) is 17.0. The number of fused-ring (bicyclic) bond motifs is 1. The van der Waals surface area contributed by atoms with E-state index >= 15 is 0 Å². The number of ether oxygens (including phenoxy) is 3. The monoisotopic (exact) mass is 430 g/mol. The van der Waals surface area contributed by atoms with Gasteiger partial charge in [-0.05, 0) is 55.5 Å². The molecule has 0 radical (unpaired) electrons. The molecule has 0 unspecified atom stereocenters. The SMILES string of the molecule is CCOc1cc2c(cc1/C=C1/C(=O)NC(=S)N(c3ccc(Cl)cc3)C1=O)OCO2. The van der Waals surface area contributed by atoms with Crippen molar-refractivity contribution in [1.82, 2.24) is 5.32 Å². The predicted octanol–water partition coefficient (Wildman–Crippen LogP) is 3.30. The Balaban J connectivity index is 1.76. The Kier molecular flexibility index (Phi) is 5.12. The van der Waals surface area contributed by atoms with E-state index in [1.54, 1.807) is 36.4 Å². The highest BCUT2D eigenvalue weighted by Gasteiger charge is 2.35. The van der Waals surface area contributed by atoms with Gasteiger partial charge in [0, 0.05) is 16.7 Å². The van der Waals surface area contributed by atoms with E-state index in [4.69, 9.17) is 38.0 Å². The van der Waals surface area contributed by atoms with Crippen molar-refractivity contribution in [3.05, 3.63) is 52.6 Å². The first-order valence-electron chi connectivity index (χ1n) is 8.71. The molecule has 7 nitrogen and oxygen atoms in total. The van der Waals surface area contributed by atoms with Gasteiger partial charge in [-0.3, -0.25) is 19.8 Å². The molecule has 4 rings (SSSR count). The van der Waals surface area contributed by atoms with Gasteiger partial charge in [-0.2, -0.15) is 0 Å². The van der Waals surface area contributed by atoms with Crippen molar-refractivity contribution in [1.29, 1.82) is 0 Å². The Morgan fingerprint density at radius 1 is 1.21 bits per heavy atom. The highest BCUT2D eigenvalue weighted by molar-refractivity contribution is 7.80. The average molecular weight is 431 g/mol. The van der Waals surface area contributed by atoms with Crippen LogP contribution in [-0.4, -0.2) is 30.3 Å². The van der Waals surface area contributed by atoms with E-state index in [1.807, 2.05) is 6.92 Å². The summed E-state index contributed by atoms with van der Waals surface area (Å²) in [5.74, 6) is 0.371. The molecule has 148 valence electrons. The van der Waals surface area contributed by atoms with Gasteiger partial charge in [0.05, 0.1) is 12.3 Å². The third kappa shape index (κ3) is 3.64. The number of hydrogen-bond acceptors (Lipinski definition) is 6. The smallest absolute Gasteiger partial charge is 0.270 e.